The fourth-order valence-corrected chi connectivity index (χ4v) is 2.19. The number of carbonyl (C=O) groups is 2. The number of carbonyl (C=O) groups excluding carboxylic acids is 2. The van der Waals surface area contributed by atoms with Gasteiger partial charge in [-0.1, -0.05) is 43.3 Å². The summed E-state index contributed by atoms with van der Waals surface area (Å²) in [5, 5.41) is 2.19. The molecule has 110 valence electrons. The first-order valence-electron chi connectivity index (χ1n) is 7.00. The van der Waals surface area contributed by atoms with Gasteiger partial charge in [0.05, 0.1) is 6.61 Å². The second kappa shape index (κ2) is 6.88. The quantitative estimate of drug-likeness (QED) is 0.825. The molecule has 0 aromatic heterocycles. The summed E-state index contributed by atoms with van der Waals surface area (Å²) in [5.41, 5.74) is 5.63. The second-order valence-electron chi connectivity index (χ2n) is 5.26. The van der Waals surface area contributed by atoms with Crippen molar-refractivity contribution >= 4 is 22.6 Å². The highest BCUT2D eigenvalue weighted by molar-refractivity contribution is 5.99. The number of ketones is 1. The lowest BCUT2D eigenvalue weighted by atomic mass is 9.98. The predicted molar refractivity (Wildman–Crippen MR) is 82.2 cm³/mol. The smallest absolute Gasteiger partial charge is 0.404 e. The van der Waals surface area contributed by atoms with Gasteiger partial charge < -0.3 is 10.5 Å². The maximum Gasteiger partial charge on any atom is 0.404 e. The molecule has 0 aliphatic carbocycles. The van der Waals surface area contributed by atoms with Crippen molar-refractivity contribution in [3.63, 3.8) is 0 Å². The summed E-state index contributed by atoms with van der Waals surface area (Å²) >= 11 is 0. The molecule has 0 fully saturated rings. The zero-order chi connectivity index (χ0) is 15.2. The van der Waals surface area contributed by atoms with E-state index in [-0.39, 0.29) is 18.3 Å². The molecule has 0 saturated carbocycles. The Morgan fingerprint density at radius 1 is 1.14 bits per heavy atom. The van der Waals surface area contributed by atoms with Crippen LogP contribution in [0.4, 0.5) is 4.79 Å². The monoisotopic (exact) mass is 285 g/mol. The van der Waals surface area contributed by atoms with Gasteiger partial charge in [0.1, 0.15) is 0 Å². The SMILES string of the molecule is CC(CCC(=O)c1ccc2ccccc2c1)COC(N)=O. The van der Waals surface area contributed by atoms with E-state index in [9.17, 15) is 9.59 Å². The van der Waals surface area contributed by atoms with Crippen molar-refractivity contribution < 1.29 is 14.3 Å². The molecule has 1 atom stereocenters. The van der Waals surface area contributed by atoms with Gasteiger partial charge in [0.15, 0.2) is 5.78 Å². The maximum atomic E-state index is 12.2. The molecule has 0 radical (unpaired) electrons. The standard InChI is InChI=1S/C17H19NO3/c1-12(11-21-17(18)20)6-9-16(19)15-8-7-13-4-2-3-5-14(13)10-15/h2-5,7-8,10,12H,6,9,11H2,1H3,(H2,18,20). The third-order valence-corrected chi connectivity index (χ3v) is 3.45. The Bertz CT molecular complexity index is 651. The number of rotatable bonds is 6. The van der Waals surface area contributed by atoms with Gasteiger partial charge >= 0.3 is 6.09 Å². The average molecular weight is 285 g/mol. The summed E-state index contributed by atoms with van der Waals surface area (Å²) in [4.78, 5) is 22.7. The van der Waals surface area contributed by atoms with E-state index in [2.05, 4.69) is 0 Å². The summed E-state index contributed by atoms with van der Waals surface area (Å²) in [7, 11) is 0. The number of Topliss-reactive ketones (excluding diaryl/α,β-unsaturated/α-hetero) is 1. The van der Waals surface area contributed by atoms with Crippen LogP contribution in [0.15, 0.2) is 42.5 Å². The van der Waals surface area contributed by atoms with Gasteiger partial charge in [-0.2, -0.15) is 0 Å². The molecule has 4 heteroatoms. The van der Waals surface area contributed by atoms with Gasteiger partial charge in [-0.15, -0.1) is 0 Å². The molecule has 0 bridgehead atoms. The van der Waals surface area contributed by atoms with Crippen molar-refractivity contribution in [2.45, 2.75) is 19.8 Å². The number of fused-ring (bicyclic) bond motifs is 1. The summed E-state index contributed by atoms with van der Waals surface area (Å²) in [6.45, 7) is 2.18. The molecule has 1 unspecified atom stereocenters. The molecule has 1 amide bonds. The molecule has 0 heterocycles. The number of primary amides is 1. The van der Waals surface area contributed by atoms with Crippen LogP contribution in [0, 0.1) is 5.92 Å². The Morgan fingerprint density at radius 2 is 1.86 bits per heavy atom. The highest BCUT2D eigenvalue weighted by Gasteiger charge is 2.11. The third kappa shape index (κ3) is 4.31. The minimum Gasteiger partial charge on any atom is -0.449 e. The van der Waals surface area contributed by atoms with E-state index >= 15 is 0 Å². The Balaban J connectivity index is 1.94. The van der Waals surface area contributed by atoms with E-state index in [1.54, 1.807) is 0 Å². The normalized spacial score (nSPS) is 12.0. The van der Waals surface area contributed by atoms with Gasteiger partial charge in [0.25, 0.3) is 0 Å². The predicted octanol–water partition coefficient (Wildman–Crippen LogP) is 3.53. The first-order chi connectivity index (χ1) is 10.1. The molecule has 0 aliphatic heterocycles. The lowest BCUT2D eigenvalue weighted by Crippen LogP contribution is -2.18. The molecular formula is C17H19NO3. The van der Waals surface area contributed by atoms with Crippen molar-refractivity contribution in [3.8, 4) is 0 Å². The average Bonchev–Trinajstić information content (AvgIpc) is 2.50. The fraction of sp³-hybridized carbons (Fsp3) is 0.294. The van der Waals surface area contributed by atoms with Crippen LogP contribution < -0.4 is 5.73 Å². The molecule has 0 saturated heterocycles. The van der Waals surface area contributed by atoms with Gasteiger partial charge in [-0.3, -0.25) is 4.79 Å². The highest BCUT2D eigenvalue weighted by atomic mass is 16.5. The van der Waals surface area contributed by atoms with E-state index < -0.39 is 6.09 Å². The number of ether oxygens (including phenoxy) is 1. The number of hydrogen-bond acceptors (Lipinski definition) is 3. The van der Waals surface area contributed by atoms with E-state index in [1.807, 2.05) is 49.4 Å². The molecule has 21 heavy (non-hydrogen) atoms. The van der Waals surface area contributed by atoms with Crippen LogP contribution in [-0.2, 0) is 4.74 Å². The van der Waals surface area contributed by atoms with E-state index in [4.69, 9.17) is 10.5 Å². The third-order valence-electron chi connectivity index (χ3n) is 3.45. The largest absolute Gasteiger partial charge is 0.449 e. The van der Waals surface area contributed by atoms with Gasteiger partial charge in [0, 0.05) is 12.0 Å². The van der Waals surface area contributed by atoms with Crippen molar-refractivity contribution in [1.29, 1.82) is 0 Å². The van der Waals surface area contributed by atoms with Gasteiger partial charge in [-0.25, -0.2) is 4.79 Å². The van der Waals surface area contributed by atoms with Crippen molar-refractivity contribution in [2.75, 3.05) is 6.61 Å². The van der Waals surface area contributed by atoms with Gasteiger partial charge in [-0.05, 0) is 29.2 Å². The highest BCUT2D eigenvalue weighted by Crippen LogP contribution is 2.18. The lowest BCUT2D eigenvalue weighted by Gasteiger charge is -2.10. The van der Waals surface area contributed by atoms with Crippen LogP contribution in [0.5, 0.6) is 0 Å². The number of amides is 1. The Labute approximate surface area is 123 Å². The lowest BCUT2D eigenvalue weighted by molar-refractivity contribution is 0.0964. The molecule has 4 nitrogen and oxygen atoms in total. The van der Waals surface area contributed by atoms with Crippen LogP contribution in [0.3, 0.4) is 0 Å². The number of hydrogen-bond donors (Lipinski definition) is 1. The molecule has 2 aromatic carbocycles. The fourth-order valence-electron chi connectivity index (χ4n) is 2.19. The van der Waals surface area contributed by atoms with Crippen LogP contribution in [-0.4, -0.2) is 18.5 Å². The van der Waals surface area contributed by atoms with Crippen LogP contribution in [0.2, 0.25) is 0 Å². The number of benzene rings is 2. The molecule has 0 aliphatic rings. The summed E-state index contributed by atoms with van der Waals surface area (Å²) in [5.74, 6) is 0.216. The van der Waals surface area contributed by atoms with E-state index in [0.29, 0.717) is 12.8 Å². The van der Waals surface area contributed by atoms with Crippen molar-refractivity contribution in [3.05, 3.63) is 48.0 Å². The molecule has 2 aromatic rings. The van der Waals surface area contributed by atoms with Crippen molar-refractivity contribution in [1.82, 2.24) is 0 Å². The zero-order valence-corrected chi connectivity index (χ0v) is 12.0. The molecule has 2 rings (SSSR count). The topological polar surface area (TPSA) is 69.4 Å². The Morgan fingerprint density at radius 3 is 2.57 bits per heavy atom. The van der Waals surface area contributed by atoms with E-state index in [1.165, 1.54) is 0 Å². The van der Waals surface area contributed by atoms with Crippen molar-refractivity contribution in [2.24, 2.45) is 11.7 Å². The molecule has 0 spiro atoms. The number of nitrogens with two attached hydrogens (primary N) is 1. The molecular weight excluding hydrogens is 266 g/mol. The summed E-state index contributed by atoms with van der Waals surface area (Å²) in [6, 6.07) is 13.7. The van der Waals surface area contributed by atoms with Crippen LogP contribution in [0.1, 0.15) is 30.1 Å². The minimum atomic E-state index is -0.775. The second-order valence-corrected chi connectivity index (χ2v) is 5.26. The minimum absolute atomic E-state index is 0.103. The zero-order valence-electron chi connectivity index (χ0n) is 12.0. The molecule has 2 N–H and O–H groups in total. The first-order valence-corrected chi connectivity index (χ1v) is 7.00. The first kappa shape index (κ1) is 15.0. The summed E-state index contributed by atoms with van der Waals surface area (Å²) in [6.07, 6.45) is 0.323. The maximum absolute atomic E-state index is 12.2. The Kier molecular flexibility index (Phi) is 4.93. The van der Waals surface area contributed by atoms with E-state index in [0.717, 1.165) is 16.3 Å². The van der Waals surface area contributed by atoms with Crippen LogP contribution in [0.25, 0.3) is 10.8 Å². The summed E-state index contributed by atoms with van der Waals surface area (Å²) < 4.78 is 4.73. The van der Waals surface area contributed by atoms with Gasteiger partial charge in [0.2, 0.25) is 0 Å². The Hall–Kier alpha value is -2.36. The van der Waals surface area contributed by atoms with Crippen LogP contribution >= 0.6 is 0 Å².